The number of aryl methyl sites for hydroxylation is 1. The van der Waals surface area contributed by atoms with Crippen LogP contribution in [0, 0.1) is 6.92 Å². The van der Waals surface area contributed by atoms with Crippen LogP contribution in [0.3, 0.4) is 0 Å². The van der Waals surface area contributed by atoms with Gasteiger partial charge in [0.2, 0.25) is 0 Å². The van der Waals surface area contributed by atoms with Crippen molar-refractivity contribution >= 4 is 17.1 Å². The zero-order chi connectivity index (χ0) is 36.1. The van der Waals surface area contributed by atoms with E-state index in [2.05, 4.69) is 212 Å². The number of fused-ring (bicyclic) bond motifs is 10. The van der Waals surface area contributed by atoms with Crippen molar-refractivity contribution in [1.29, 1.82) is 0 Å². The molecule has 2 aliphatic rings. The van der Waals surface area contributed by atoms with Gasteiger partial charge in [-0.05, 0) is 92.9 Å². The van der Waals surface area contributed by atoms with Crippen LogP contribution in [0.5, 0.6) is 0 Å². The lowest BCUT2D eigenvalue weighted by molar-refractivity contribution is 0.788. The maximum Gasteiger partial charge on any atom is 0.0781 e. The maximum absolute atomic E-state index is 5.34. The van der Waals surface area contributed by atoms with Crippen LogP contribution >= 0.6 is 0 Å². The molecule has 256 valence electrons. The largest absolute Gasteiger partial charge is 0.374 e. The highest BCUT2D eigenvalue weighted by molar-refractivity contribution is 6.14. The van der Waals surface area contributed by atoms with Crippen molar-refractivity contribution in [2.75, 3.05) is 5.32 Å². The van der Waals surface area contributed by atoms with Crippen molar-refractivity contribution in [1.82, 2.24) is 0 Å². The molecule has 8 aromatic rings. The molecular formula is C52H38N2. The molecule has 8 aromatic carbocycles. The molecule has 2 nitrogen and oxygen atoms in total. The quantitative estimate of drug-likeness (QED) is 0.165. The highest BCUT2D eigenvalue weighted by atomic mass is 14.9. The van der Waals surface area contributed by atoms with E-state index in [4.69, 9.17) is 4.99 Å². The van der Waals surface area contributed by atoms with Gasteiger partial charge in [-0.15, -0.1) is 0 Å². The van der Waals surface area contributed by atoms with Crippen LogP contribution in [0.1, 0.15) is 56.1 Å². The van der Waals surface area contributed by atoms with Crippen molar-refractivity contribution in [2.45, 2.75) is 18.4 Å². The molecule has 0 saturated carbocycles. The number of nitrogens with zero attached hydrogens (tertiary/aromatic N) is 1. The summed E-state index contributed by atoms with van der Waals surface area (Å²) in [6.45, 7) is 2.12. The first-order chi connectivity index (χ1) is 26.7. The second-order valence-electron chi connectivity index (χ2n) is 14.4. The molecular weight excluding hydrogens is 653 g/mol. The zero-order valence-electron chi connectivity index (χ0n) is 30.1. The fraction of sp³-hybridized carbons (Fsp3) is 0.0577. The minimum atomic E-state index is -0.510. The number of benzene rings is 8. The SMILES string of the molecule is Cc1ccc(N=C(c2ccccc2)c2ccc3c(c2)C2(c4ccccc4-3)c3ccccc3-c3ccc(C(Nc4ccccc4)c4ccccc4)cc32)cc1. The lowest BCUT2D eigenvalue weighted by Crippen LogP contribution is -2.26. The maximum atomic E-state index is 5.34. The molecule has 0 aliphatic heterocycles. The molecule has 2 atom stereocenters. The average molecular weight is 691 g/mol. The van der Waals surface area contributed by atoms with Crippen molar-refractivity contribution in [2.24, 2.45) is 4.99 Å². The Balaban J connectivity index is 1.23. The summed E-state index contributed by atoms with van der Waals surface area (Å²) in [7, 11) is 0. The van der Waals surface area contributed by atoms with Crippen molar-refractivity contribution in [3.05, 3.63) is 250 Å². The molecule has 2 heteroatoms. The Bertz CT molecular complexity index is 2660. The van der Waals surface area contributed by atoms with E-state index in [1.165, 1.54) is 61.2 Å². The molecule has 0 radical (unpaired) electrons. The van der Waals surface area contributed by atoms with Crippen LogP contribution in [0.15, 0.2) is 205 Å². The van der Waals surface area contributed by atoms with Gasteiger partial charge in [0.1, 0.15) is 0 Å². The van der Waals surface area contributed by atoms with E-state index in [9.17, 15) is 0 Å². The van der Waals surface area contributed by atoms with E-state index < -0.39 is 5.41 Å². The predicted molar refractivity (Wildman–Crippen MR) is 224 cm³/mol. The van der Waals surface area contributed by atoms with E-state index in [1.807, 2.05) is 0 Å². The minimum Gasteiger partial charge on any atom is -0.374 e. The van der Waals surface area contributed by atoms with Crippen LogP contribution in [0.2, 0.25) is 0 Å². The lowest BCUT2D eigenvalue weighted by Gasteiger charge is -2.32. The van der Waals surface area contributed by atoms with Crippen molar-refractivity contribution in [3.8, 4) is 22.3 Å². The lowest BCUT2D eigenvalue weighted by atomic mass is 9.70. The summed E-state index contributed by atoms with van der Waals surface area (Å²) in [5.41, 5.74) is 18.7. The van der Waals surface area contributed by atoms with E-state index in [1.54, 1.807) is 0 Å². The molecule has 0 fully saturated rings. The van der Waals surface area contributed by atoms with Crippen LogP contribution in [-0.4, -0.2) is 5.71 Å². The molecule has 1 spiro atoms. The number of nitrogens with one attached hydrogen (secondary N) is 1. The Kier molecular flexibility index (Phi) is 7.70. The second-order valence-corrected chi connectivity index (χ2v) is 14.4. The van der Waals surface area contributed by atoms with Crippen LogP contribution in [0.4, 0.5) is 11.4 Å². The molecule has 2 aliphatic carbocycles. The summed E-state index contributed by atoms with van der Waals surface area (Å²) in [6.07, 6.45) is 0. The molecule has 0 aromatic heterocycles. The molecule has 10 rings (SSSR count). The third kappa shape index (κ3) is 5.14. The highest BCUT2D eigenvalue weighted by Gasteiger charge is 2.52. The molecule has 0 amide bonds. The predicted octanol–water partition coefficient (Wildman–Crippen LogP) is 12.7. The monoisotopic (exact) mass is 690 g/mol. The molecule has 0 saturated heterocycles. The molecule has 0 heterocycles. The Morgan fingerprint density at radius 3 is 1.65 bits per heavy atom. The van der Waals surface area contributed by atoms with Gasteiger partial charge in [0, 0.05) is 16.8 Å². The first kappa shape index (κ1) is 31.9. The van der Waals surface area contributed by atoms with Gasteiger partial charge in [-0.1, -0.05) is 175 Å². The number of aliphatic imine (C=N–C) groups is 1. The van der Waals surface area contributed by atoms with Gasteiger partial charge >= 0.3 is 0 Å². The Morgan fingerprint density at radius 2 is 0.981 bits per heavy atom. The van der Waals surface area contributed by atoms with Gasteiger partial charge in [0.15, 0.2) is 0 Å². The van der Waals surface area contributed by atoms with Crippen LogP contribution in [-0.2, 0) is 5.41 Å². The number of hydrogen-bond acceptors (Lipinski definition) is 2. The molecule has 2 unspecified atom stereocenters. The van der Waals surface area contributed by atoms with E-state index in [-0.39, 0.29) is 6.04 Å². The summed E-state index contributed by atoms with van der Waals surface area (Å²) in [4.78, 5) is 5.34. The van der Waals surface area contributed by atoms with Gasteiger partial charge in [-0.25, -0.2) is 4.99 Å². The van der Waals surface area contributed by atoms with Gasteiger partial charge < -0.3 is 5.32 Å². The summed E-state index contributed by atoms with van der Waals surface area (Å²) in [5, 5.41) is 3.89. The summed E-state index contributed by atoms with van der Waals surface area (Å²) >= 11 is 0. The highest BCUT2D eigenvalue weighted by Crippen LogP contribution is 2.63. The van der Waals surface area contributed by atoms with Crippen molar-refractivity contribution < 1.29 is 0 Å². The number of hydrogen-bond donors (Lipinski definition) is 1. The minimum absolute atomic E-state index is 0.0477. The molecule has 0 bridgehead atoms. The van der Waals surface area contributed by atoms with Gasteiger partial charge in [0.05, 0.1) is 22.9 Å². The third-order valence-electron chi connectivity index (χ3n) is 11.3. The Hall–Kier alpha value is -6.77. The molecule has 54 heavy (non-hydrogen) atoms. The van der Waals surface area contributed by atoms with Gasteiger partial charge in [-0.2, -0.15) is 0 Å². The first-order valence-electron chi connectivity index (χ1n) is 18.7. The third-order valence-corrected chi connectivity index (χ3v) is 11.3. The molecule has 1 N–H and O–H groups in total. The van der Waals surface area contributed by atoms with Crippen LogP contribution in [0.25, 0.3) is 22.3 Å². The zero-order valence-corrected chi connectivity index (χ0v) is 30.1. The number of para-hydroxylation sites is 1. The summed E-state index contributed by atoms with van der Waals surface area (Å²) in [5.74, 6) is 0. The first-order valence-corrected chi connectivity index (χ1v) is 18.7. The standard InChI is InChI=1S/C52H38N2/c1-35-25-29-41(30-26-35)54-51(37-17-7-3-8-18-37)39-28-32-45-43-22-12-14-24-47(43)52(49(45)34-39)46-23-13-11-21-42(46)44-31-27-38(33-48(44)52)50(36-15-5-2-6-16-36)53-40-19-9-4-10-20-40/h2-34,50,53H,1H3. The smallest absolute Gasteiger partial charge is 0.0781 e. The van der Waals surface area contributed by atoms with Gasteiger partial charge in [-0.3, -0.25) is 0 Å². The average Bonchev–Trinajstić information content (AvgIpc) is 3.70. The topological polar surface area (TPSA) is 24.4 Å². The van der Waals surface area contributed by atoms with Gasteiger partial charge in [0.25, 0.3) is 0 Å². The van der Waals surface area contributed by atoms with E-state index in [0.717, 1.165) is 28.2 Å². The normalized spacial score (nSPS) is 15.6. The fourth-order valence-corrected chi connectivity index (χ4v) is 8.83. The Labute approximate surface area is 317 Å². The second kappa shape index (κ2) is 13.0. The van der Waals surface area contributed by atoms with E-state index in [0.29, 0.717) is 0 Å². The Morgan fingerprint density at radius 1 is 0.444 bits per heavy atom. The number of rotatable bonds is 7. The van der Waals surface area contributed by atoms with Crippen LogP contribution < -0.4 is 5.32 Å². The fourth-order valence-electron chi connectivity index (χ4n) is 8.83. The number of anilines is 1. The summed E-state index contributed by atoms with van der Waals surface area (Å²) < 4.78 is 0. The summed E-state index contributed by atoms with van der Waals surface area (Å²) in [6, 6.07) is 72.7. The van der Waals surface area contributed by atoms with E-state index >= 15 is 0 Å². The van der Waals surface area contributed by atoms with Crippen molar-refractivity contribution in [3.63, 3.8) is 0 Å².